The lowest BCUT2D eigenvalue weighted by molar-refractivity contribution is 0.443. The zero-order valence-corrected chi connectivity index (χ0v) is 10.1. The van der Waals surface area contributed by atoms with Crippen molar-refractivity contribution in [3.63, 3.8) is 0 Å². The molecule has 14 heavy (non-hydrogen) atoms. The summed E-state index contributed by atoms with van der Waals surface area (Å²) in [4.78, 5) is 0. The summed E-state index contributed by atoms with van der Waals surface area (Å²) in [7, 11) is 1.98. The van der Waals surface area contributed by atoms with Gasteiger partial charge in [0.2, 0.25) is 0 Å². The molecule has 80 valence electrons. The van der Waals surface area contributed by atoms with Crippen LogP contribution < -0.4 is 5.32 Å². The fourth-order valence-corrected chi connectivity index (χ4v) is 1.38. The first-order chi connectivity index (χ1) is 6.31. The highest BCUT2D eigenvalue weighted by Crippen LogP contribution is 2.21. The van der Waals surface area contributed by atoms with Gasteiger partial charge in [0.15, 0.2) is 0 Å². The molecule has 3 nitrogen and oxygen atoms in total. The van der Waals surface area contributed by atoms with Crippen LogP contribution in [0.5, 0.6) is 0 Å². The Morgan fingerprint density at radius 2 is 1.86 bits per heavy atom. The maximum atomic E-state index is 4.37. The Morgan fingerprint density at radius 1 is 1.29 bits per heavy atom. The van der Waals surface area contributed by atoms with Crippen molar-refractivity contribution in [3.8, 4) is 0 Å². The third-order valence-corrected chi connectivity index (χ3v) is 2.30. The molecule has 0 radical (unpaired) electrons. The zero-order chi connectivity index (χ0) is 10.9. The highest BCUT2D eigenvalue weighted by atomic mass is 15.3. The molecule has 0 atom stereocenters. The van der Waals surface area contributed by atoms with Crippen LogP contribution in [0.25, 0.3) is 0 Å². The van der Waals surface area contributed by atoms with E-state index in [0.29, 0.717) is 5.41 Å². The van der Waals surface area contributed by atoms with Gasteiger partial charge in [0.25, 0.3) is 0 Å². The van der Waals surface area contributed by atoms with Gasteiger partial charge in [-0.25, -0.2) is 0 Å². The molecule has 1 N–H and O–H groups in total. The van der Waals surface area contributed by atoms with E-state index < -0.39 is 0 Å². The van der Waals surface area contributed by atoms with E-state index in [-0.39, 0.29) is 0 Å². The van der Waals surface area contributed by atoms with Gasteiger partial charge >= 0.3 is 0 Å². The van der Waals surface area contributed by atoms with Gasteiger partial charge in [0.05, 0.1) is 17.1 Å². The summed E-state index contributed by atoms with van der Waals surface area (Å²) in [5, 5.41) is 7.82. The first-order valence-electron chi connectivity index (χ1n) is 5.05. The smallest absolute Gasteiger partial charge is 0.0827 e. The minimum Gasteiger partial charge on any atom is -0.382 e. The van der Waals surface area contributed by atoms with Crippen LogP contribution in [0.1, 0.15) is 32.2 Å². The Labute approximate surface area is 86.5 Å². The maximum Gasteiger partial charge on any atom is 0.0827 e. The molecule has 1 aromatic rings. The van der Waals surface area contributed by atoms with Gasteiger partial charge in [0, 0.05) is 13.6 Å². The van der Waals surface area contributed by atoms with Crippen molar-refractivity contribution in [1.29, 1.82) is 0 Å². The third kappa shape index (κ3) is 2.50. The second-order valence-electron chi connectivity index (χ2n) is 5.08. The molecule has 0 aliphatic carbocycles. The van der Waals surface area contributed by atoms with Gasteiger partial charge in [-0.1, -0.05) is 20.8 Å². The van der Waals surface area contributed by atoms with E-state index in [1.807, 2.05) is 18.7 Å². The van der Waals surface area contributed by atoms with E-state index in [1.54, 1.807) is 0 Å². The molecular formula is C11H21N3. The van der Waals surface area contributed by atoms with Crippen molar-refractivity contribution in [1.82, 2.24) is 9.78 Å². The monoisotopic (exact) mass is 195 g/mol. The SMILES string of the molecule is Cc1nn(C)c(C)c1NCC(C)(C)C. The maximum absolute atomic E-state index is 4.37. The third-order valence-electron chi connectivity index (χ3n) is 2.30. The van der Waals surface area contributed by atoms with E-state index in [9.17, 15) is 0 Å². The molecule has 0 amide bonds. The number of aryl methyl sites for hydroxylation is 2. The van der Waals surface area contributed by atoms with Crippen LogP contribution in [0, 0.1) is 19.3 Å². The standard InChI is InChI=1S/C11H21N3/c1-8-10(9(2)14(6)13-8)12-7-11(3,4)5/h12H,7H2,1-6H3. The second kappa shape index (κ2) is 3.64. The Balaban J connectivity index is 2.77. The number of nitrogens with one attached hydrogen (secondary N) is 1. The minimum atomic E-state index is 0.300. The predicted octanol–water partition coefficient (Wildman–Crippen LogP) is 2.49. The summed E-state index contributed by atoms with van der Waals surface area (Å²) in [6.07, 6.45) is 0. The lowest BCUT2D eigenvalue weighted by atomic mass is 9.97. The number of nitrogens with zero attached hydrogens (tertiary/aromatic N) is 2. The van der Waals surface area contributed by atoms with Gasteiger partial charge in [-0.15, -0.1) is 0 Å². The Morgan fingerprint density at radius 3 is 2.21 bits per heavy atom. The normalized spacial score (nSPS) is 11.9. The molecule has 0 saturated heterocycles. The number of hydrogen-bond donors (Lipinski definition) is 1. The average molecular weight is 195 g/mol. The molecule has 1 heterocycles. The summed E-state index contributed by atoms with van der Waals surface area (Å²) in [5.41, 5.74) is 3.76. The molecule has 0 aliphatic heterocycles. The molecule has 0 bridgehead atoms. The minimum absolute atomic E-state index is 0.300. The van der Waals surface area contributed by atoms with E-state index in [0.717, 1.165) is 12.2 Å². The highest BCUT2D eigenvalue weighted by Gasteiger charge is 2.13. The molecule has 0 aromatic carbocycles. The molecule has 1 rings (SSSR count). The van der Waals surface area contributed by atoms with Gasteiger partial charge in [0.1, 0.15) is 0 Å². The van der Waals surface area contributed by atoms with E-state index in [2.05, 4.69) is 38.1 Å². The van der Waals surface area contributed by atoms with E-state index >= 15 is 0 Å². The second-order valence-corrected chi connectivity index (χ2v) is 5.08. The molecule has 0 unspecified atom stereocenters. The van der Waals surface area contributed by atoms with Gasteiger partial charge in [-0.3, -0.25) is 4.68 Å². The highest BCUT2D eigenvalue weighted by molar-refractivity contribution is 5.52. The largest absolute Gasteiger partial charge is 0.382 e. The summed E-state index contributed by atoms with van der Waals surface area (Å²) < 4.78 is 1.92. The van der Waals surface area contributed by atoms with Crippen molar-refractivity contribution in [2.45, 2.75) is 34.6 Å². The fraction of sp³-hybridized carbons (Fsp3) is 0.727. The number of hydrogen-bond acceptors (Lipinski definition) is 2. The average Bonchev–Trinajstić information content (AvgIpc) is 2.23. The van der Waals surface area contributed by atoms with Crippen LogP contribution in [0.3, 0.4) is 0 Å². The number of anilines is 1. The Hall–Kier alpha value is -0.990. The summed E-state index contributed by atoms with van der Waals surface area (Å²) in [6.45, 7) is 11.8. The summed E-state index contributed by atoms with van der Waals surface area (Å²) in [6, 6.07) is 0. The summed E-state index contributed by atoms with van der Waals surface area (Å²) >= 11 is 0. The van der Waals surface area contributed by atoms with Crippen molar-refractivity contribution in [2.24, 2.45) is 12.5 Å². The number of aromatic nitrogens is 2. The van der Waals surface area contributed by atoms with Gasteiger partial charge in [-0.2, -0.15) is 5.10 Å². The van der Waals surface area contributed by atoms with Crippen LogP contribution >= 0.6 is 0 Å². The fourth-order valence-electron chi connectivity index (χ4n) is 1.38. The van der Waals surface area contributed by atoms with E-state index in [4.69, 9.17) is 0 Å². The Kier molecular flexibility index (Phi) is 2.88. The predicted molar refractivity (Wildman–Crippen MR) is 60.6 cm³/mol. The molecular weight excluding hydrogens is 174 g/mol. The molecule has 0 aliphatic rings. The van der Waals surface area contributed by atoms with Crippen LogP contribution in [0.15, 0.2) is 0 Å². The number of rotatable bonds is 2. The molecule has 0 fully saturated rings. The topological polar surface area (TPSA) is 29.9 Å². The van der Waals surface area contributed by atoms with Crippen LogP contribution in [-0.2, 0) is 7.05 Å². The van der Waals surface area contributed by atoms with Gasteiger partial charge < -0.3 is 5.32 Å². The van der Waals surface area contributed by atoms with Crippen molar-refractivity contribution >= 4 is 5.69 Å². The first-order valence-corrected chi connectivity index (χ1v) is 5.05. The van der Waals surface area contributed by atoms with Crippen LogP contribution in [0.4, 0.5) is 5.69 Å². The molecule has 1 aromatic heterocycles. The van der Waals surface area contributed by atoms with Crippen LogP contribution in [-0.4, -0.2) is 16.3 Å². The zero-order valence-electron chi connectivity index (χ0n) is 10.1. The Bertz CT molecular complexity index is 318. The molecule has 0 spiro atoms. The van der Waals surface area contributed by atoms with Crippen molar-refractivity contribution in [2.75, 3.05) is 11.9 Å². The van der Waals surface area contributed by atoms with E-state index in [1.165, 1.54) is 11.4 Å². The first kappa shape index (κ1) is 11.1. The molecule has 0 saturated carbocycles. The quantitative estimate of drug-likeness (QED) is 0.785. The summed E-state index contributed by atoms with van der Waals surface area (Å²) in [5.74, 6) is 0. The van der Waals surface area contributed by atoms with Crippen LogP contribution in [0.2, 0.25) is 0 Å². The lowest BCUT2D eigenvalue weighted by Gasteiger charge is -2.19. The van der Waals surface area contributed by atoms with Crippen molar-refractivity contribution in [3.05, 3.63) is 11.4 Å². The van der Waals surface area contributed by atoms with Crippen molar-refractivity contribution < 1.29 is 0 Å². The lowest BCUT2D eigenvalue weighted by Crippen LogP contribution is -2.19. The molecule has 3 heteroatoms. The van der Waals surface area contributed by atoms with Gasteiger partial charge in [-0.05, 0) is 19.3 Å².